The van der Waals surface area contributed by atoms with Crippen molar-refractivity contribution in [3.63, 3.8) is 0 Å². The zero-order chi connectivity index (χ0) is 12.8. The smallest absolute Gasteiger partial charge is 0.227 e. The van der Waals surface area contributed by atoms with Gasteiger partial charge in [-0.15, -0.1) is 0 Å². The van der Waals surface area contributed by atoms with E-state index in [2.05, 4.69) is 11.0 Å². The van der Waals surface area contributed by atoms with Crippen LogP contribution in [0.15, 0.2) is 0 Å². The fourth-order valence-electron chi connectivity index (χ4n) is 2.71. The maximum Gasteiger partial charge on any atom is 0.227 e. The highest BCUT2D eigenvalue weighted by molar-refractivity contribution is 5.79. The van der Waals surface area contributed by atoms with Crippen molar-refractivity contribution in [3.05, 3.63) is 0 Å². The molecule has 2 rings (SSSR count). The van der Waals surface area contributed by atoms with Gasteiger partial charge in [-0.2, -0.15) is 5.26 Å². The number of nitriles is 1. The summed E-state index contributed by atoms with van der Waals surface area (Å²) in [6, 6.07) is 2.17. The lowest BCUT2D eigenvalue weighted by molar-refractivity contribution is -0.141. The molecular formula is C13H21N3O2. The zero-order valence-electron chi connectivity index (χ0n) is 10.8. The van der Waals surface area contributed by atoms with Gasteiger partial charge in [-0.05, 0) is 19.4 Å². The Kier molecular flexibility index (Phi) is 4.97. The van der Waals surface area contributed by atoms with E-state index in [1.54, 1.807) is 0 Å². The van der Waals surface area contributed by atoms with Crippen molar-refractivity contribution in [1.29, 1.82) is 5.26 Å². The van der Waals surface area contributed by atoms with Gasteiger partial charge in [-0.3, -0.25) is 4.79 Å². The number of hydrogen-bond acceptors (Lipinski definition) is 4. The molecule has 2 heterocycles. The van der Waals surface area contributed by atoms with Crippen molar-refractivity contribution in [2.75, 3.05) is 45.9 Å². The molecule has 5 heteroatoms. The number of carbonyl (C=O) groups excluding carboxylic acids is 1. The Bertz CT molecular complexity index is 321. The van der Waals surface area contributed by atoms with Gasteiger partial charge in [0.2, 0.25) is 5.91 Å². The minimum absolute atomic E-state index is 0.121. The van der Waals surface area contributed by atoms with E-state index in [4.69, 9.17) is 10.00 Å². The van der Waals surface area contributed by atoms with Crippen LogP contribution in [0.1, 0.15) is 19.3 Å². The molecule has 0 aromatic carbocycles. The molecule has 0 radical (unpaired) electrons. The number of hydrogen-bond donors (Lipinski definition) is 0. The molecule has 0 saturated carbocycles. The first-order valence-electron chi connectivity index (χ1n) is 6.77. The van der Waals surface area contributed by atoms with Gasteiger partial charge in [0.1, 0.15) is 0 Å². The summed E-state index contributed by atoms with van der Waals surface area (Å²) >= 11 is 0. The van der Waals surface area contributed by atoms with Gasteiger partial charge in [0.25, 0.3) is 0 Å². The van der Waals surface area contributed by atoms with E-state index in [9.17, 15) is 4.79 Å². The van der Waals surface area contributed by atoms with Gasteiger partial charge in [0, 0.05) is 32.6 Å². The normalized spacial score (nSPS) is 25.7. The van der Waals surface area contributed by atoms with Crippen LogP contribution >= 0.6 is 0 Å². The van der Waals surface area contributed by atoms with E-state index in [0.29, 0.717) is 19.6 Å². The minimum atomic E-state index is 0.121. The molecule has 5 nitrogen and oxygen atoms in total. The molecule has 1 atom stereocenters. The van der Waals surface area contributed by atoms with Crippen molar-refractivity contribution in [3.8, 4) is 6.07 Å². The van der Waals surface area contributed by atoms with E-state index in [1.807, 2.05) is 4.90 Å². The standard InChI is InChI=1S/C13H21N3O2/c14-4-2-6-15-5-1-3-12(11-15)13(17)16-7-9-18-10-8-16/h12H,1-3,5-11H2. The maximum absolute atomic E-state index is 12.4. The van der Waals surface area contributed by atoms with Gasteiger partial charge < -0.3 is 14.5 Å². The Morgan fingerprint density at radius 2 is 2.11 bits per heavy atom. The van der Waals surface area contributed by atoms with E-state index < -0.39 is 0 Å². The van der Waals surface area contributed by atoms with Crippen molar-refractivity contribution in [2.24, 2.45) is 5.92 Å². The fourth-order valence-corrected chi connectivity index (χ4v) is 2.71. The molecule has 0 spiro atoms. The zero-order valence-corrected chi connectivity index (χ0v) is 10.8. The van der Waals surface area contributed by atoms with E-state index >= 15 is 0 Å². The van der Waals surface area contributed by atoms with Crippen LogP contribution in [0, 0.1) is 17.2 Å². The van der Waals surface area contributed by atoms with E-state index in [1.165, 1.54) is 0 Å². The monoisotopic (exact) mass is 251 g/mol. The molecule has 0 aromatic rings. The summed E-state index contributed by atoms with van der Waals surface area (Å²) in [5.74, 6) is 0.399. The lowest BCUT2D eigenvalue weighted by Crippen LogP contribution is -2.48. The van der Waals surface area contributed by atoms with Gasteiger partial charge in [-0.25, -0.2) is 0 Å². The third-order valence-corrected chi connectivity index (χ3v) is 3.72. The second-order valence-electron chi connectivity index (χ2n) is 4.99. The minimum Gasteiger partial charge on any atom is -0.378 e. The van der Waals surface area contributed by atoms with Gasteiger partial charge in [0.15, 0.2) is 0 Å². The third kappa shape index (κ3) is 3.44. The van der Waals surface area contributed by atoms with Crippen LogP contribution in [-0.4, -0.2) is 61.6 Å². The summed E-state index contributed by atoms with van der Waals surface area (Å²) < 4.78 is 5.27. The largest absolute Gasteiger partial charge is 0.378 e. The summed E-state index contributed by atoms with van der Waals surface area (Å²) in [4.78, 5) is 16.5. The van der Waals surface area contributed by atoms with Crippen LogP contribution in [0.3, 0.4) is 0 Å². The molecule has 2 aliphatic rings. The molecule has 18 heavy (non-hydrogen) atoms. The third-order valence-electron chi connectivity index (χ3n) is 3.72. The maximum atomic E-state index is 12.4. The summed E-state index contributed by atoms with van der Waals surface area (Å²) in [5, 5.41) is 8.61. The number of rotatable bonds is 3. The topological polar surface area (TPSA) is 56.6 Å². The van der Waals surface area contributed by atoms with Crippen LogP contribution in [-0.2, 0) is 9.53 Å². The molecule has 1 amide bonds. The first kappa shape index (κ1) is 13.3. The summed E-state index contributed by atoms with van der Waals surface area (Å²) in [6.07, 6.45) is 2.60. The molecule has 0 N–H and O–H groups in total. The first-order valence-corrected chi connectivity index (χ1v) is 6.77. The van der Waals surface area contributed by atoms with Crippen LogP contribution < -0.4 is 0 Å². The lowest BCUT2D eigenvalue weighted by atomic mass is 9.96. The summed E-state index contributed by atoms with van der Waals surface area (Å²) in [5.41, 5.74) is 0. The van der Waals surface area contributed by atoms with Gasteiger partial charge >= 0.3 is 0 Å². The fraction of sp³-hybridized carbons (Fsp3) is 0.846. The Morgan fingerprint density at radius 3 is 2.83 bits per heavy atom. The molecule has 0 aliphatic carbocycles. The Morgan fingerprint density at radius 1 is 1.33 bits per heavy atom. The number of carbonyl (C=O) groups is 1. The molecule has 0 bridgehead atoms. The van der Waals surface area contributed by atoms with Crippen molar-refractivity contribution >= 4 is 5.91 Å². The number of amides is 1. The van der Waals surface area contributed by atoms with Crippen LogP contribution in [0.2, 0.25) is 0 Å². The molecule has 2 aliphatic heterocycles. The first-order chi connectivity index (χ1) is 8.81. The molecule has 100 valence electrons. The highest BCUT2D eigenvalue weighted by Crippen LogP contribution is 2.19. The Hall–Kier alpha value is -1.12. The Labute approximate surface area is 108 Å². The van der Waals surface area contributed by atoms with Gasteiger partial charge in [-0.1, -0.05) is 0 Å². The molecule has 1 unspecified atom stereocenters. The summed E-state index contributed by atoms with van der Waals surface area (Å²) in [7, 11) is 0. The molecule has 2 fully saturated rings. The average Bonchev–Trinajstić information content (AvgIpc) is 2.45. The second-order valence-corrected chi connectivity index (χ2v) is 4.99. The van der Waals surface area contributed by atoms with Crippen LogP contribution in [0.5, 0.6) is 0 Å². The van der Waals surface area contributed by atoms with Crippen molar-refractivity contribution in [1.82, 2.24) is 9.80 Å². The number of piperidine rings is 1. The highest BCUT2D eigenvalue weighted by Gasteiger charge is 2.29. The second kappa shape index (κ2) is 6.72. The predicted molar refractivity (Wildman–Crippen MR) is 66.8 cm³/mol. The SMILES string of the molecule is N#CCCN1CCCC(C(=O)N2CCOCC2)C1. The van der Waals surface area contributed by atoms with E-state index in [-0.39, 0.29) is 11.8 Å². The summed E-state index contributed by atoms with van der Waals surface area (Å²) in [6.45, 7) is 5.42. The molecule has 0 aromatic heterocycles. The quantitative estimate of drug-likeness (QED) is 0.731. The van der Waals surface area contributed by atoms with Crippen LogP contribution in [0.4, 0.5) is 0 Å². The van der Waals surface area contributed by atoms with E-state index in [0.717, 1.165) is 45.6 Å². The predicted octanol–water partition coefficient (Wildman–Crippen LogP) is 0.471. The Balaban J connectivity index is 1.83. The highest BCUT2D eigenvalue weighted by atomic mass is 16.5. The molecular weight excluding hydrogens is 230 g/mol. The number of likely N-dealkylation sites (tertiary alicyclic amines) is 1. The number of morpholine rings is 1. The molecule has 2 saturated heterocycles. The average molecular weight is 251 g/mol. The number of nitrogens with zero attached hydrogens (tertiary/aromatic N) is 3. The van der Waals surface area contributed by atoms with Crippen molar-refractivity contribution < 1.29 is 9.53 Å². The van der Waals surface area contributed by atoms with Crippen molar-refractivity contribution in [2.45, 2.75) is 19.3 Å². The lowest BCUT2D eigenvalue weighted by Gasteiger charge is -2.35. The number of ether oxygens (including phenoxy) is 1. The van der Waals surface area contributed by atoms with Gasteiger partial charge in [0.05, 0.1) is 25.2 Å². The van der Waals surface area contributed by atoms with Crippen LogP contribution in [0.25, 0.3) is 0 Å².